The predicted molar refractivity (Wildman–Crippen MR) is 102 cm³/mol. The van der Waals surface area contributed by atoms with Crippen LogP contribution in [0.5, 0.6) is 11.5 Å². The normalized spacial score (nSPS) is 16.3. The van der Waals surface area contributed by atoms with E-state index in [9.17, 15) is 14.4 Å². The second-order valence-electron chi connectivity index (χ2n) is 6.62. The molecular formula is C20H28N2O6. The molecular weight excluding hydrogens is 364 g/mol. The summed E-state index contributed by atoms with van der Waals surface area (Å²) in [4.78, 5) is 38.3. The van der Waals surface area contributed by atoms with E-state index in [0.717, 1.165) is 18.4 Å². The molecule has 154 valence electrons. The Hall–Kier alpha value is -2.77. The second kappa shape index (κ2) is 10.5. The van der Waals surface area contributed by atoms with Crippen LogP contribution < -0.4 is 14.8 Å². The monoisotopic (exact) mass is 392 g/mol. The number of unbranched alkanes of at least 4 members (excludes halogenated alkanes) is 1. The van der Waals surface area contributed by atoms with Crippen LogP contribution in [0.15, 0.2) is 18.2 Å². The van der Waals surface area contributed by atoms with Crippen LogP contribution >= 0.6 is 0 Å². The molecule has 1 unspecified atom stereocenters. The molecule has 1 saturated heterocycles. The minimum atomic E-state index is -0.890. The minimum Gasteiger partial charge on any atom is -0.493 e. The predicted octanol–water partition coefficient (Wildman–Crippen LogP) is 1.44. The van der Waals surface area contributed by atoms with Crippen LogP contribution in [0.1, 0.15) is 31.7 Å². The third kappa shape index (κ3) is 5.87. The highest BCUT2D eigenvalue weighted by molar-refractivity contribution is 5.92. The summed E-state index contributed by atoms with van der Waals surface area (Å²) in [5.41, 5.74) is 1.00. The van der Waals surface area contributed by atoms with Crippen LogP contribution in [0.25, 0.3) is 0 Å². The van der Waals surface area contributed by atoms with Crippen LogP contribution in [-0.4, -0.2) is 62.1 Å². The van der Waals surface area contributed by atoms with Crippen molar-refractivity contribution >= 4 is 17.8 Å². The quantitative estimate of drug-likeness (QED) is 0.505. The highest BCUT2D eigenvalue weighted by Crippen LogP contribution is 2.27. The first-order chi connectivity index (χ1) is 13.5. The van der Waals surface area contributed by atoms with Crippen LogP contribution in [0.4, 0.5) is 0 Å². The molecule has 1 fully saturated rings. The zero-order valence-corrected chi connectivity index (χ0v) is 16.7. The molecule has 28 heavy (non-hydrogen) atoms. The molecule has 2 rings (SSSR count). The number of piperazine rings is 1. The number of esters is 1. The number of hydrogen-bond acceptors (Lipinski definition) is 6. The molecule has 0 aliphatic carbocycles. The third-order valence-corrected chi connectivity index (χ3v) is 4.44. The van der Waals surface area contributed by atoms with Gasteiger partial charge in [0.05, 0.1) is 20.1 Å². The molecule has 1 aromatic carbocycles. The van der Waals surface area contributed by atoms with Gasteiger partial charge in [-0.2, -0.15) is 0 Å². The standard InChI is InChI=1S/C20H28N2O6/c1-4-5-10-27-19(24)12-15-20(25)21-8-9-22(15)18(23)13-28-16-7-6-14(2)11-17(16)26-3/h6-7,11,15H,4-5,8-10,12-13H2,1-3H3,(H,21,25). The van der Waals surface area contributed by atoms with Crippen molar-refractivity contribution in [3.8, 4) is 11.5 Å². The molecule has 1 atom stereocenters. The molecule has 2 amide bonds. The molecule has 1 N–H and O–H groups in total. The lowest BCUT2D eigenvalue weighted by Gasteiger charge is -2.34. The first-order valence-corrected chi connectivity index (χ1v) is 9.46. The second-order valence-corrected chi connectivity index (χ2v) is 6.62. The van der Waals surface area contributed by atoms with Crippen molar-refractivity contribution in [3.63, 3.8) is 0 Å². The maximum absolute atomic E-state index is 12.7. The Bertz CT molecular complexity index is 706. The molecule has 8 heteroatoms. The molecule has 1 aliphatic heterocycles. The molecule has 0 radical (unpaired) electrons. The minimum absolute atomic E-state index is 0.171. The molecule has 0 bridgehead atoms. The van der Waals surface area contributed by atoms with Gasteiger partial charge in [0, 0.05) is 13.1 Å². The highest BCUT2D eigenvalue weighted by atomic mass is 16.5. The van der Waals surface area contributed by atoms with E-state index < -0.39 is 12.0 Å². The zero-order valence-electron chi connectivity index (χ0n) is 16.7. The van der Waals surface area contributed by atoms with E-state index >= 15 is 0 Å². The topological polar surface area (TPSA) is 94.2 Å². The van der Waals surface area contributed by atoms with Gasteiger partial charge in [0.15, 0.2) is 18.1 Å². The van der Waals surface area contributed by atoms with Gasteiger partial charge < -0.3 is 24.4 Å². The number of carbonyl (C=O) groups is 3. The van der Waals surface area contributed by atoms with Gasteiger partial charge in [-0.3, -0.25) is 14.4 Å². The summed E-state index contributed by atoms with van der Waals surface area (Å²) >= 11 is 0. The summed E-state index contributed by atoms with van der Waals surface area (Å²) in [7, 11) is 1.53. The number of rotatable bonds is 9. The maximum atomic E-state index is 12.7. The molecule has 0 aromatic heterocycles. The van der Waals surface area contributed by atoms with Gasteiger partial charge in [0.2, 0.25) is 5.91 Å². The summed E-state index contributed by atoms with van der Waals surface area (Å²) in [6, 6.07) is 4.50. The summed E-state index contributed by atoms with van der Waals surface area (Å²) < 4.78 is 16.0. The summed E-state index contributed by atoms with van der Waals surface area (Å²) in [5, 5.41) is 2.69. The Kier molecular flexibility index (Phi) is 8.10. The Morgan fingerprint density at radius 2 is 2.07 bits per heavy atom. The van der Waals surface area contributed by atoms with E-state index in [-0.39, 0.29) is 24.8 Å². The summed E-state index contributed by atoms with van der Waals surface area (Å²) in [5.74, 6) is -0.253. The highest BCUT2D eigenvalue weighted by Gasteiger charge is 2.35. The summed E-state index contributed by atoms with van der Waals surface area (Å²) in [6.07, 6.45) is 1.49. The molecule has 0 spiro atoms. The Balaban J connectivity index is 1.99. The van der Waals surface area contributed by atoms with Crippen molar-refractivity contribution in [2.45, 2.75) is 39.2 Å². The van der Waals surface area contributed by atoms with Crippen molar-refractivity contribution in [1.82, 2.24) is 10.2 Å². The van der Waals surface area contributed by atoms with Gasteiger partial charge in [-0.25, -0.2) is 0 Å². The fraction of sp³-hybridized carbons (Fsp3) is 0.550. The van der Waals surface area contributed by atoms with Crippen molar-refractivity contribution < 1.29 is 28.6 Å². The lowest BCUT2D eigenvalue weighted by molar-refractivity contribution is -0.152. The number of aryl methyl sites for hydroxylation is 1. The first kappa shape index (κ1) is 21.5. The molecule has 1 aliphatic rings. The van der Waals surface area contributed by atoms with Crippen molar-refractivity contribution in [2.24, 2.45) is 0 Å². The van der Waals surface area contributed by atoms with Crippen molar-refractivity contribution in [1.29, 1.82) is 0 Å². The zero-order chi connectivity index (χ0) is 20.5. The van der Waals surface area contributed by atoms with E-state index in [0.29, 0.717) is 31.2 Å². The van der Waals surface area contributed by atoms with E-state index in [4.69, 9.17) is 14.2 Å². The van der Waals surface area contributed by atoms with Crippen molar-refractivity contribution in [2.75, 3.05) is 33.4 Å². The Morgan fingerprint density at radius 1 is 1.29 bits per heavy atom. The summed E-state index contributed by atoms with van der Waals surface area (Å²) in [6.45, 7) is 4.62. The number of carbonyl (C=O) groups excluding carboxylic acids is 3. The fourth-order valence-electron chi connectivity index (χ4n) is 2.88. The molecule has 1 heterocycles. The average Bonchev–Trinajstić information content (AvgIpc) is 2.68. The van der Waals surface area contributed by atoms with Crippen LogP contribution in [-0.2, 0) is 19.1 Å². The number of benzene rings is 1. The van der Waals surface area contributed by atoms with Gasteiger partial charge >= 0.3 is 5.97 Å². The molecule has 0 saturated carbocycles. The smallest absolute Gasteiger partial charge is 0.308 e. The van der Waals surface area contributed by atoms with Gasteiger partial charge in [-0.1, -0.05) is 19.4 Å². The lowest BCUT2D eigenvalue weighted by atomic mass is 10.1. The third-order valence-electron chi connectivity index (χ3n) is 4.44. The van der Waals surface area contributed by atoms with E-state index in [2.05, 4.69) is 5.32 Å². The number of hydrogen-bond donors (Lipinski definition) is 1. The maximum Gasteiger partial charge on any atom is 0.308 e. The van der Waals surface area contributed by atoms with E-state index in [1.165, 1.54) is 12.0 Å². The van der Waals surface area contributed by atoms with Gasteiger partial charge in [-0.05, 0) is 31.0 Å². The number of ether oxygens (including phenoxy) is 3. The first-order valence-electron chi connectivity index (χ1n) is 9.46. The SMILES string of the molecule is CCCCOC(=O)CC1C(=O)NCCN1C(=O)COc1ccc(C)cc1OC. The largest absolute Gasteiger partial charge is 0.493 e. The van der Waals surface area contributed by atoms with Gasteiger partial charge in [0.25, 0.3) is 5.91 Å². The number of nitrogens with one attached hydrogen (secondary N) is 1. The van der Waals surface area contributed by atoms with Crippen molar-refractivity contribution in [3.05, 3.63) is 23.8 Å². The molecule has 1 aromatic rings. The number of methoxy groups -OCH3 is 1. The Labute approximate surface area is 165 Å². The number of amides is 2. The Morgan fingerprint density at radius 3 is 2.79 bits per heavy atom. The fourth-order valence-corrected chi connectivity index (χ4v) is 2.88. The molecule has 8 nitrogen and oxygen atoms in total. The van der Waals surface area contributed by atoms with Gasteiger partial charge in [-0.15, -0.1) is 0 Å². The average molecular weight is 392 g/mol. The van der Waals surface area contributed by atoms with Gasteiger partial charge in [0.1, 0.15) is 6.04 Å². The lowest BCUT2D eigenvalue weighted by Crippen LogP contribution is -2.58. The van der Waals surface area contributed by atoms with E-state index in [1.54, 1.807) is 6.07 Å². The van der Waals surface area contributed by atoms with E-state index in [1.807, 2.05) is 26.0 Å². The van der Waals surface area contributed by atoms with Crippen LogP contribution in [0.3, 0.4) is 0 Å². The van der Waals surface area contributed by atoms with Crippen LogP contribution in [0, 0.1) is 6.92 Å². The van der Waals surface area contributed by atoms with Crippen LogP contribution in [0.2, 0.25) is 0 Å². The number of nitrogens with zero attached hydrogens (tertiary/aromatic N) is 1.